The fourth-order valence-corrected chi connectivity index (χ4v) is 1.70. The van der Waals surface area contributed by atoms with Gasteiger partial charge in [0.25, 0.3) is 0 Å². The van der Waals surface area contributed by atoms with Gasteiger partial charge in [0.2, 0.25) is 5.69 Å². The molecule has 0 amide bonds. The highest BCUT2D eigenvalue weighted by molar-refractivity contribution is 5.51. The van der Waals surface area contributed by atoms with Gasteiger partial charge < -0.3 is 9.62 Å². The highest BCUT2D eigenvalue weighted by Crippen LogP contribution is 2.20. The first-order valence-corrected chi connectivity index (χ1v) is 5.42. The Morgan fingerprint density at radius 2 is 1.81 bits per heavy atom. The molecule has 0 bridgehead atoms. The second kappa shape index (κ2) is 4.00. The van der Waals surface area contributed by atoms with Gasteiger partial charge in [0.1, 0.15) is 0 Å². The second-order valence-electron chi connectivity index (χ2n) is 3.93. The molecule has 0 unspecified atom stereocenters. The lowest BCUT2D eigenvalue weighted by atomic mass is 10.1. The van der Waals surface area contributed by atoms with Gasteiger partial charge >= 0.3 is 5.89 Å². The predicted molar refractivity (Wildman–Crippen MR) is 62.0 cm³/mol. The molecule has 0 spiro atoms. The summed E-state index contributed by atoms with van der Waals surface area (Å²) < 4.78 is 6.44. The van der Waals surface area contributed by atoms with Crippen molar-refractivity contribution in [1.29, 1.82) is 0 Å². The SMILES string of the molecule is CCc1oc(-c2ccc(C)cc2)[n+]([O-])c1C. The molecule has 0 N–H and O–H groups in total. The van der Waals surface area contributed by atoms with Crippen molar-refractivity contribution in [3.63, 3.8) is 0 Å². The zero-order valence-corrected chi connectivity index (χ0v) is 9.78. The number of aryl methyl sites for hydroxylation is 2. The van der Waals surface area contributed by atoms with Crippen molar-refractivity contribution in [2.24, 2.45) is 0 Å². The molecule has 1 heterocycles. The Hall–Kier alpha value is -1.77. The number of benzene rings is 1. The zero-order chi connectivity index (χ0) is 11.7. The maximum absolute atomic E-state index is 11.9. The Kier molecular flexibility index (Phi) is 2.69. The molecule has 0 saturated heterocycles. The molecule has 3 nitrogen and oxygen atoms in total. The van der Waals surface area contributed by atoms with Gasteiger partial charge in [0, 0.05) is 13.3 Å². The van der Waals surface area contributed by atoms with Gasteiger partial charge in [-0.1, -0.05) is 24.6 Å². The lowest BCUT2D eigenvalue weighted by Crippen LogP contribution is -2.29. The summed E-state index contributed by atoms with van der Waals surface area (Å²) in [7, 11) is 0. The van der Waals surface area contributed by atoms with Crippen LogP contribution in [0.2, 0.25) is 0 Å². The van der Waals surface area contributed by atoms with E-state index in [1.165, 1.54) is 5.56 Å². The summed E-state index contributed by atoms with van der Waals surface area (Å²) in [4.78, 5) is 0. The van der Waals surface area contributed by atoms with Gasteiger partial charge in [0.05, 0.1) is 5.56 Å². The monoisotopic (exact) mass is 217 g/mol. The van der Waals surface area contributed by atoms with Crippen LogP contribution < -0.4 is 4.73 Å². The van der Waals surface area contributed by atoms with Crippen LogP contribution in [0.5, 0.6) is 0 Å². The molecule has 0 fully saturated rings. The summed E-state index contributed by atoms with van der Waals surface area (Å²) in [6.45, 7) is 5.78. The first-order chi connectivity index (χ1) is 7.63. The lowest BCUT2D eigenvalue weighted by molar-refractivity contribution is -0.602. The van der Waals surface area contributed by atoms with E-state index in [1.54, 1.807) is 6.92 Å². The van der Waals surface area contributed by atoms with Crippen LogP contribution >= 0.6 is 0 Å². The van der Waals surface area contributed by atoms with Crippen LogP contribution in [-0.2, 0) is 6.42 Å². The quantitative estimate of drug-likeness (QED) is 0.573. The summed E-state index contributed by atoms with van der Waals surface area (Å²) in [5.74, 6) is 1.14. The van der Waals surface area contributed by atoms with Crippen LogP contribution in [0.3, 0.4) is 0 Å². The van der Waals surface area contributed by atoms with Crippen LogP contribution in [-0.4, -0.2) is 0 Å². The molecule has 2 rings (SSSR count). The molecule has 0 atom stereocenters. The molecule has 1 aromatic heterocycles. The smallest absolute Gasteiger partial charge is 0.392 e. The van der Waals surface area contributed by atoms with E-state index in [0.717, 1.165) is 22.5 Å². The average molecular weight is 217 g/mol. The molecule has 0 aliphatic rings. The molecule has 0 aliphatic heterocycles. The van der Waals surface area contributed by atoms with Crippen LogP contribution in [0.15, 0.2) is 28.7 Å². The highest BCUT2D eigenvalue weighted by Gasteiger charge is 2.21. The third-order valence-corrected chi connectivity index (χ3v) is 2.73. The van der Waals surface area contributed by atoms with Crippen molar-refractivity contribution in [3.8, 4) is 11.5 Å². The number of rotatable bonds is 2. The van der Waals surface area contributed by atoms with E-state index in [-0.39, 0.29) is 0 Å². The Morgan fingerprint density at radius 3 is 2.31 bits per heavy atom. The minimum absolute atomic E-state index is 0.384. The van der Waals surface area contributed by atoms with E-state index in [0.29, 0.717) is 11.6 Å². The third kappa shape index (κ3) is 1.69. The fourth-order valence-electron chi connectivity index (χ4n) is 1.70. The molecule has 0 aliphatic carbocycles. The van der Waals surface area contributed by atoms with Crippen LogP contribution in [0.1, 0.15) is 23.9 Å². The average Bonchev–Trinajstić information content (AvgIpc) is 2.57. The van der Waals surface area contributed by atoms with Crippen LogP contribution in [0.4, 0.5) is 0 Å². The maximum atomic E-state index is 11.9. The van der Waals surface area contributed by atoms with E-state index in [1.807, 2.05) is 38.1 Å². The van der Waals surface area contributed by atoms with E-state index in [2.05, 4.69) is 0 Å². The summed E-state index contributed by atoms with van der Waals surface area (Å²) in [5, 5.41) is 11.9. The number of aromatic nitrogens is 1. The Labute approximate surface area is 94.9 Å². The number of oxazole rings is 1. The molecule has 1 aromatic carbocycles. The summed E-state index contributed by atoms with van der Waals surface area (Å²) in [5.41, 5.74) is 2.64. The summed E-state index contributed by atoms with van der Waals surface area (Å²) in [6.07, 6.45) is 0.736. The van der Waals surface area contributed by atoms with Crippen molar-refractivity contribution in [1.82, 2.24) is 0 Å². The Balaban J connectivity index is 2.52. The van der Waals surface area contributed by atoms with E-state index in [9.17, 15) is 5.21 Å². The standard InChI is InChI=1S/C13H15NO2/c1-4-12-10(3)14(15)13(16-12)11-7-5-9(2)6-8-11/h5-8H,4H2,1-3H3. The van der Waals surface area contributed by atoms with Crippen LogP contribution in [0.25, 0.3) is 11.5 Å². The van der Waals surface area contributed by atoms with Crippen molar-refractivity contribution in [3.05, 3.63) is 46.5 Å². The van der Waals surface area contributed by atoms with Gasteiger partial charge in [-0.05, 0) is 19.1 Å². The Bertz CT molecular complexity index is 497. The van der Waals surface area contributed by atoms with Gasteiger partial charge in [-0.2, -0.15) is 0 Å². The van der Waals surface area contributed by atoms with Gasteiger partial charge in [0.15, 0.2) is 5.76 Å². The van der Waals surface area contributed by atoms with E-state index in [4.69, 9.17) is 4.42 Å². The van der Waals surface area contributed by atoms with E-state index >= 15 is 0 Å². The number of hydrogen-bond donors (Lipinski definition) is 0. The largest absolute Gasteiger partial charge is 0.616 e. The van der Waals surface area contributed by atoms with E-state index < -0.39 is 0 Å². The molecule has 16 heavy (non-hydrogen) atoms. The molecule has 0 radical (unpaired) electrons. The molecule has 2 aromatic rings. The normalized spacial score (nSPS) is 10.7. The van der Waals surface area contributed by atoms with Crippen molar-refractivity contribution in [2.75, 3.05) is 0 Å². The highest BCUT2D eigenvalue weighted by atomic mass is 16.5. The van der Waals surface area contributed by atoms with Crippen molar-refractivity contribution < 1.29 is 9.15 Å². The van der Waals surface area contributed by atoms with Gasteiger partial charge in [-0.25, -0.2) is 0 Å². The maximum Gasteiger partial charge on any atom is 0.392 e. The predicted octanol–water partition coefficient (Wildman–Crippen LogP) is 2.76. The van der Waals surface area contributed by atoms with Gasteiger partial charge in [-0.15, -0.1) is 4.73 Å². The van der Waals surface area contributed by atoms with Crippen LogP contribution in [0, 0.1) is 19.1 Å². The fraction of sp³-hybridized carbons (Fsp3) is 0.308. The zero-order valence-electron chi connectivity index (χ0n) is 9.78. The minimum Gasteiger partial charge on any atom is -0.616 e. The third-order valence-electron chi connectivity index (χ3n) is 2.73. The topological polar surface area (TPSA) is 40.1 Å². The molecular weight excluding hydrogens is 202 g/mol. The molecule has 84 valence electrons. The van der Waals surface area contributed by atoms with Crippen molar-refractivity contribution >= 4 is 0 Å². The first-order valence-electron chi connectivity index (χ1n) is 5.42. The number of nitrogens with zero attached hydrogens (tertiary/aromatic N) is 1. The molecular formula is C13H15NO2. The molecule has 3 heteroatoms. The Morgan fingerprint density at radius 1 is 1.19 bits per heavy atom. The summed E-state index contributed by atoms with van der Waals surface area (Å²) >= 11 is 0. The minimum atomic E-state index is 0.384. The van der Waals surface area contributed by atoms with Crippen molar-refractivity contribution in [2.45, 2.75) is 27.2 Å². The second-order valence-corrected chi connectivity index (χ2v) is 3.93. The lowest BCUT2D eigenvalue weighted by Gasteiger charge is -1.97. The summed E-state index contributed by atoms with van der Waals surface area (Å²) in [6, 6.07) is 7.75. The molecule has 0 saturated carbocycles. The first kappa shape index (κ1) is 10.7. The van der Waals surface area contributed by atoms with Gasteiger partial charge in [-0.3, -0.25) is 0 Å². The number of hydrogen-bond acceptors (Lipinski definition) is 2.